The van der Waals surface area contributed by atoms with Crippen LogP contribution in [0.3, 0.4) is 0 Å². The van der Waals surface area contributed by atoms with Crippen molar-refractivity contribution in [3.63, 3.8) is 0 Å². The largest absolute Gasteiger partial charge is 0.480 e. The monoisotopic (exact) mass is 329 g/mol. The van der Waals surface area contributed by atoms with Crippen molar-refractivity contribution in [3.05, 3.63) is 0 Å². The number of nitrogens with one attached hydrogen (secondary N) is 2. The van der Waals surface area contributed by atoms with Crippen LogP contribution in [0.2, 0.25) is 0 Å². The van der Waals surface area contributed by atoms with Crippen molar-refractivity contribution < 1.29 is 19.5 Å². The van der Waals surface area contributed by atoms with Crippen LogP contribution in [-0.4, -0.2) is 35.6 Å². The van der Waals surface area contributed by atoms with Crippen LogP contribution in [0, 0.1) is 0 Å². The summed E-state index contributed by atoms with van der Waals surface area (Å²) in [4.78, 5) is 33.4. The van der Waals surface area contributed by atoms with Crippen molar-refractivity contribution in [1.29, 1.82) is 0 Å². The number of primary amides is 1. The van der Waals surface area contributed by atoms with Crippen molar-refractivity contribution in [2.75, 3.05) is 6.54 Å². The molecule has 0 fully saturated rings. The highest BCUT2D eigenvalue weighted by molar-refractivity contribution is 5.83. The topological polar surface area (TPSA) is 122 Å². The Morgan fingerprint density at radius 1 is 1.00 bits per heavy atom. The molecule has 0 rings (SSSR count). The number of nitrogens with two attached hydrogens (primary N) is 1. The van der Waals surface area contributed by atoms with E-state index in [9.17, 15) is 14.4 Å². The summed E-state index contributed by atoms with van der Waals surface area (Å²) in [5, 5.41) is 14.0. The van der Waals surface area contributed by atoms with Crippen molar-refractivity contribution in [2.24, 2.45) is 5.73 Å². The lowest BCUT2D eigenvalue weighted by molar-refractivity contribution is -0.142. The highest BCUT2D eigenvalue weighted by Gasteiger charge is 2.19. The van der Waals surface area contributed by atoms with Gasteiger partial charge >= 0.3 is 12.0 Å². The molecule has 0 radical (unpaired) electrons. The van der Waals surface area contributed by atoms with Gasteiger partial charge in [0.05, 0.1) is 0 Å². The van der Waals surface area contributed by atoms with E-state index in [0.717, 1.165) is 19.3 Å². The first-order valence-corrected chi connectivity index (χ1v) is 8.52. The lowest BCUT2D eigenvalue weighted by Crippen LogP contribution is -2.41. The smallest absolute Gasteiger partial charge is 0.326 e. The third-order valence-corrected chi connectivity index (χ3v) is 3.61. The minimum atomic E-state index is -1.06. The number of urea groups is 1. The van der Waals surface area contributed by atoms with E-state index in [-0.39, 0.29) is 12.3 Å². The molecule has 0 aliphatic rings. The molecule has 0 heterocycles. The minimum absolute atomic E-state index is 0.228. The Hall–Kier alpha value is -1.79. The Morgan fingerprint density at radius 3 is 2.17 bits per heavy atom. The number of carbonyl (C=O) groups is 3. The zero-order chi connectivity index (χ0) is 17.5. The summed E-state index contributed by atoms with van der Waals surface area (Å²) in [5.41, 5.74) is 4.92. The first-order valence-electron chi connectivity index (χ1n) is 8.52. The maximum absolute atomic E-state index is 11.8. The standard InChI is InChI=1S/C16H31N3O4/c1-2-3-4-5-6-7-8-11-14(20)19-13(15(21)22)10-9-12-18-16(17)23/h13H,2-12H2,1H3,(H,19,20)(H,21,22)(H3,17,18,23)/t13-/m0/s1. The van der Waals surface area contributed by atoms with E-state index in [1.807, 2.05) is 0 Å². The molecular formula is C16H31N3O4. The van der Waals surface area contributed by atoms with Gasteiger partial charge < -0.3 is 21.5 Å². The Balaban J connectivity index is 3.79. The zero-order valence-corrected chi connectivity index (χ0v) is 14.1. The molecule has 0 aromatic heterocycles. The van der Waals surface area contributed by atoms with Gasteiger partial charge in [-0.2, -0.15) is 0 Å². The molecule has 0 aromatic carbocycles. The van der Waals surface area contributed by atoms with E-state index in [0.29, 0.717) is 19.4 Å². The van der Waals surface area contributed by atoms with Crippen molar-refractivity contribution >= 4 is 17.9 Å². The first-order chi connectivity index (χ1) is 11.0. The summed E-state index contributed by atoms with van der Waals surface area (Å²) in [6.45, 7) is 2.47. The van der Waals surface area contributed by atoms with Crippen LogP contribution >= 0.6 is 0 Å². The van der Waals surface area contributed by atoms with Gasteiger partial charge in [0.15, 0.2) is 0 Å². The highest BCUT2D eigenvalue weighted by atomic mass is 16.4. The molecule has 5 N–H and O–H groups in total. The van der Waals surface area contributed by atoms with Gasteiger partial charge in [0, 0.05) is 13.0 Å². The van der Waals surface area contributed by atoms with Crippen LogP contribution in [0.1, 0.15) is 71.1 Å². The predicted molar refractivity (Wildman–Crippen MR) is 89.0 cm³/mol. The van der Waals surface area contributed by atoms with Crippen LogP contribution < -0.4 is 16.4 Å². The Morgan fingerprint density at radius 2 is 1.61 bits per heavy atom. The van der Waals surface area contributed by atoms with Gasteiger partial charge in [-0.15, -0.1) is 0 Å². The van der Waals surface area contributed by atoms with Crippen LogP contribution in [0.25, 0.3) is 0 Å². The summed E-state index contributed by atoms with van der Waals surface area (Å²) in [6.07, 6.45) is 8.87. The average molecular weight is 329 g/mol. The van der Waals surface area contributed by atoms with E-state index in [1.165, 1.54) is 25.7 Å². The van der Waals surface area contributed by atoms with Crippen molar-refractivity contribution in [3.8, 4) is 0 Å². The molecule has 0 aliphatic heterocycles. The molecule has 0 spiro atoms. The Labute approximate surface area is 138 Å². The van der Waals surface area contributed by atoms with Gasteiger partial charge in [-0.1, -0.05) is 45.4 Å². The second-order valence-electron chi connectivity index (χ2n) is 5.76. The molecule has 134 valence electrons. The number of hydrogen-bond acceptors (Lipinski definition) is 3. The first kappa shape index (κ1) is 21.2. The van der Waals surface area contributed by atoms with Crippen LogP contribution in [0.5, 0.6) is 0 Å². The van der Waals surface area contributed by atoms with E-state index in [1.54, 1.807) is 0 Å². The molecule has 0 bridgehead atoms. The zero-order valence-electron chi connectivity index (χ0n) is 14.1. The number of unbranched alkanes of at least 4 members (excludes halogenated alkanes) is 6. The second-order valence-corrected chi connectivity index (χ2v) is 5.76. The fourth-order valence-corrected chi connectivity index (χ4v) is 2.28. The maximum Gasteiger partial charge on any atom is 0.326 e. The third-order valence-electron chi connectivity index (χ3n) is 3.61. The summed E-state index contributed by atoms with van der Waals surface area (Å²) < 4.78 is 0. The number of carboxylic acid groups (broad SMARTS) is 1. The normalized spacial score (nSPS) is 11.7. The van der Waals surface area contributed by atoms with Gasteiger partial charge in [0.1, 0.15) is 6.04 Å². The van der Waals surface area contributed by atoms with E-state index in [2.05, 4.69) is 17.6 Å². The van der Waals surface area contributed by atoms with Gasteiger partial charge in [-0.05, 0) is 19.3 Å². The minimum Gasteiger partial charge on any atom is -0.480 e. The average Bonchev–Trinajstić information content (AvgIpc) is 2.49. The Kier molecular flexibility index (Phi) is 12.8. The van der Waals surface area contributed by atoms with E-state index in [4.69, 9.17) is 10.8 Å². The predicted octanol–water partition coefficient (Wildman–Crippen LogP) is 2.15. The summed E-state index contributed by atoms with van der Waals surface area (Å²) >= 11 is 0. The number of carbonyl (C=O) groups excluding carboxylic acids is 2. The molecule has 3 amide bonds. The molecule has 1 atom stereocenters. The molecule has 0 aliphatic carbocycles. The molecule has 0 saturated carbocycles. The number of rotatable bonds is 14. The number of aliphatic carboxylic acids is 1. The molecule has 7 nitrogen and oxygen atoms in total. The van der Waals surface area contributed by atoms with Crippen LogP contribution in [0.4, 0.5) is 4.79 Å². The fraction of sp³-hybridized carbons (Fsp3) is 0.812. The molecule has 0 unspecified atom stereocenters. The van der Waals surface area contributed by atoms with Crippen molar-refractivity contribution in [1.82, 2.24) is 10.6 Å². The van der Waals surface area contributed by atoms with Crippen LogP contribution in [0.15, 0.2) is 0 Å². The summed E-state index contributed by atoms with van der Waals surface area (Å²) in [5.74, 6) is -1.29. The summed E-state index contributed by atoms with van der Waals surface area (Å²) in [6, 6.07) is -1.55. The third kappa shape index (κ3) is 13.6. The molecule has 0 saturated heterocycles. The summed E-state index contributed by atoms with van der Waals surface area (Å²) in [7, 11) is 0. The van der Waals surface area contributed by atoms with Gasteiger partial charge in [0.25, 0.3) is 0 Å². The molecule has 7 heteroatoms. The lowest BCUT2D eigenvalue weighted by Gasteiger charge is -2.14. The van der Waals surface area contributed by atoms with Crippen molar-refractivity contribution in [2.45, 2.75) is 77.2 Å². The van der Waals surface area contributed by atoms with Gasteiger partial charge in [0.2, 0.25) is 5.91 Å². The maximum atomic E-state index is 11.8. The molecular weight excluding hydrogens is 298 g/mol. The Bertz CT molecular complexity index is 361. The van der Waals surface area contributed by atoms with E-state index >= 15 is 0 Å². The number of carboxylic acids is 1. The number of hydrogen-bond donors (Lipinski definition) is 4. The quantitative estimate of drug-likeness (QED) is 0.365. The van der Waals surface area contributed by atoms with Crippen LogP contribution in [-0.2, 0) is 9.59 Å². The highest BCUT2D eigenvalue weighted by Crippen LogP contribution is 2.08. The van der Waals surface area contributed by atoms with Gasteiger partial charge in [-0.3, -0.25) is 4.79 Å². The van der Waals surface area contributed by atoms with E-state index < -0.39 is 18.0 Å². The molecule has 0 aromatic rings. The lowest BCUT2D eigenvalue weighted by atomic mass is 10.1. The van der Waals surface area contributed by atoms with Gasteiger partial charge in [-0.25, -0.2) is 9.59 Å². The fourth-order valence-electron chi connectivity index (χ4n) is 2.28. The molecule has 23 heavy (non-hydrogen) atoms. The second kappa shape index (κ2) is 13.8. The number of amides is 3. The SMILES string of the molecule is CCCCCCCCCC(=O)N[C@@H](CCCNC(N)=O)C(=O)O.